The fraction of sp³-hybridized carbons (Fsp3) is 0.500. The summed E-state index contributed by atoms with van der Waals surface area (Å²) in [6.45, 7) is 1.03. The van der Waals surface area contributed by atoms with Gasteiger partial charge in [-0.05, 0) is 31.5 Å². The van der Waals surface area contributed by atoms with Crippen LogP contribution in [0.2, 0.25) is 0 Å². The minimum atomic E-state index is -0.877. The van der Waals surface area contributed by atoms with E-state index < -0.39 is 23.1 Å². The zero-order chi connectivity index (χ0) is 14.5. The van der Waals surface area contributed by atoms with Crippen molar-refractivity contribution < 1.29 is 18.7 Å². The van der Waals surface area contributed by atoms with Crippen LogP contribution < -0.4 is 5.32 Å². The molecule has 110 valence electrons. The maximum Gasteiger partial charge on any atom is 0.259 e. The van der Waals surface area contributed by atoms with E-state index in [1.807, 2.05) is 0 Å². The first kappa shape index (κ1) is 14.9. The van der Waals surface area contributed by atoms with Crippen molar-refractivity contribution in [3.05, 3.63) is 35.4 Å². The van der Waals surface area contributed by atoms with Crippen LogP contribution >= 0.6 is 0 Å². The lowest BCUT2D eigenvalue weighted by Crippen LogP contribution is -2.43. The molecule has 1 amide bonds. The monoisotopic (exact) mass is 284 g/mol. The van der Waals surface area contributed by atoms with E-state index in [9.17, 15) is 13.6 Å². The third-order valence-electron chi connectivity index (χ3n) is 3.44. The number of nitrogens with one attached hydrogen (secondary N) is 1. The number of halogens is 2. The summed E-state index contributed by atoms with van der Waals surface area (Å²) in [5.41, 5.74) is -0.557. The minimum Gasteiger partial charge on any atom is -0.395 e. The molecule has 4 nitrogen and oxygen atoms in total. The summed E-state index contributed by atoms with van der Waals surface area (Å²) in [6, 6.07) is 3.44. The summed E-state index contributed by atoms with van der Waals surface area (Å²) in [6.07, 6.45) is 1.93. The quantitative estimate of drug-likeness (QED) is 0.853. The van der Waals surface area contributed by atoms with Gasteiger partial charge in [-0.15, -0.1) is 0 Å². The number of aliphatic hydroxyl groups is 1. The Kier molecular flexibility index (Phi) is 5.03. The molecule has 2 rings (SSSR count). The summed E-state index contributed by atoms with van der Waals surface area (Å²) >= 11 is 0. The number of carbonyl (C=O) groups excluding carboxylic acids is 1. The summed E-state index contributed by atoms with van der Waals surface area (Å²) in [7, 11) is 0. The van der Waals surface area contributed by atoms with Gasteiger partial charge in [0.25, 0.3) is 5.91 Å². The van der Waals surface area contributed by atoms with Crippen LogP contribution in [0.5, 0.6) is 0 Å². The highest BCUT2D eigenvalue weighted by molar-refractivity contribution is 5.94. The van der Waals surface area contributed by atoms with E-state index in [2.05, 4.69) is 5.32 Å². The molecule has 1 unspecified atom stereocenters. The Balaban J connectivity index is 2.17. The molecule has 0 saturated carbocycles. The van der Waals surface area contributed by atoms with Crippen molar-refractivity contribution in [1.82, 2.24) is 10.2 Å². The van der Waals surface area contributed by atoms with E-state index in [4.69, 9.17) is 5.11 Å². The van der Waals surface area contributed by atoms with Gasteiger partial charge in [0.2, 0.25) is 0 Å². The summed E-state index contributed by atoms with van der Waals surface area (Å²) < 4.78 is 27.3. The molecular formula is C14H18F2N2O2. The third kappa shape index (κ3) is 3.32. The molecule has 1 aliphatic heterocycles. The van der Waals surface area contributed by atoms with E-state index in [1.54, 1.807) is 0 Å². The highest BCUT2D eigenvalue weighted by Crippen LogP contribution is 2.16. The van der Waals surface area contributed by atoms with Gasteiger partial charge in [-0.25, -0.2) is 8.78 Å². The molecule has 0 spiro atoms. The fourth-order valence-corrected chi connectivity index (χ4v) is 2.44. The van der Waals surface area contributed by atoms with Crippen molar-refractivity contribution in [3.63, 3.8) is 0 Å². The molecule has 1 saturated heterocycles. The summed E-state index contributed by atoms with van der Waals surface area (Å²) in [5, 5.41) is 12.3. The molecule has 0 aromatic heterocycles. The molecule has 0 aliphatic carbocycles. The summed E-state index contributed by atoms with van der Waals surface area (Å²) in [4.78, 5) is 13.6. The SMILES string of the molecule is O=C(c1c(F)cccc1F)N(CCO)CC1CCCN1. The zero-order valence-corrected chi connectivity index (χ0v) is 11.1. The van der Waals surface area contributed by atoms with Gasteiger partial charge in [0.15, 0.2) is 0 Å². The molecule has 2 N–H and O–H groups in total. The number of aliphatic hydroxyl groups excluding tert-OH is 1. The topological polar surface area (TPSA) is 52.6 Å². The van der Waals surface area contributed by atoms with Crippen LogP contribution in [-0.2, 0) is 0 Å². The van der Waals surface area contributed by atoms with E-state index in [0.29, 0.717) is 6.54 Å². The Bertz CT molecular complexity index is 456. The normalized spacial score (nSPS) is 18.2. The summed E-state index contributed by atoms with van der Waals surface area (Å²) in [5.74, 6) is -2.47. The average molecular weight is 284 g/mol. The second kappa shape index (κ2) is 6.76. The van der Waals surface area contributed by atoms with Crippen molar-refractivity contribution in [3.8, 4) is 0 Å². The number of benzene rings is 1. The first-order valence-corrected chi connectivity index (χ1v) is 6.71. The van der Waals surface area contributed by atoms with Gasteiger partial charge < -0.3 is 15.3 Å². The maximum atomic E-state index is 13.6. The lowest BCUT2D eigenvalue weighted by Gasteiger charge is -2.25. The van der Waals surface area contributed by atoms with Crippen molar-refractivity contribution in [2.75, 3.05) is 26.2 Å². The van der Waals surface area contributed by atoms with Crippen LogP contribution in [0.3, 0.4) is 0 Å². The molecule has 1 heterocycles. The Morgan fingerprint density at radius 3 is 2.65 bits per heavy atom. The number of rotatable bonds is 5. The molecule has 1 aromatic carbocycles. The molecule has 1 aromatic rings. The van der Waals surface area contributed by atoms with Crippen LogP contribution in [0.1, 0.15) is 23.2 Å². The highest BCUT2D eigenvalue weighted by atomic mass is 19.1. The largest absolute Gasteiger partial charge is 0.395 e. The van der Waals surface area contributed by atoms with Gasteiger partial charge >= 0.3 is 0 Å². The maximum absolute atomic E-state index is 13.6. The van der Waals surface area contributed by atoms with Crippen molar-refractivity contribution in [2.24, 2.45) is 0 Å². The van der Waals surface area contributed by atoms with Crippen LogP contribution in [0.4, 0.5) is 8.78 Å². The van der Waals surface area contributed by atoms with E-state index in [0.717, 1.165) is 31.5 Å². The third-order valence-corrected chi connectivity index (χ3v) is 3.44. The van der Waals surface area contributed by atoms with E-state index in [-0.39, 0.29) is 19.2 Å². The second-order valence-corrected chi connectivity index (χ2v) is 4.86. The van der Waals surface area contributed by atoms with Crippen molar-refractivity contribution in [2.45, 2.75) is 18.9 Å². The van der Waals surface area contributed by atoms with Gasteiger partial charge in [0.05, 0.1) is 6.61 Å². The Labute approximate surface area is 116 Å². The Hall–Kier alpha value is -1.53. The molecule has 6 heteroatoms. The van der Waals surface area contributed by atoms with Gasteiger partial charge in [0, 0.05) is 19.1 Å². The lowest BCUT2D eigenvalue weighted by molar-refractivity contribution is 0.0696. The van der Waals surface area contributed by atoms with Gasteiger partial charge in [-0.1, -0.05) is 6.07 Å². The molecule has 0 radical (unpaired) electrons. The zero-order valence-electron chi connectivity index (χ0n) is 11.1. The van der Waals surface area contributed by atoms with Gasteiger partial charge in [-0.2, -0.15) is 0 Å². The van der Waals surface area contributed by atoms with E-state index >= 15 is 0 Å². The average Bonchev–Trinajstić information content (AvgIpc) is 2.91. The smallest absolute Gasteiger partial charge is 0.259 e. The number of carbonyl (C=O) groups is 1. The number of nitrogens with zero attached hydrogens (tertiary/aromatic N) is 1. The van der Waals surface area contributed by atoms with Crippen molar-refractivity contribution in [1.29, 1.82) is 0 Å². The molecule has 0 bridgehead atoms. The first-order valence-electron chi connectivity index (χ1n) is 6.71. The van der Waals surface area contributed by atoms with Gasteiger partial charge in [-0.3, -0.25) is 4.79 Å². The minimum absolute atomic E-state index is 0.0603. The highest BCUT2D eigenvalue weighted by Gasteiger charge is 2.26. The molecular weight excluding hydrogens is 266 g/mol. The molecule has 1 atom stereocenters. The number of amides is 1. The number of hydrogen-bond acceptors (Lipinski definition) is 3. The van der Waals surface area contributed by atoms with Crippen LogP contribution in [0, 0.1) is 11.6 Å². The first-order chi connectivity index (χ1) is 9.63. The lowest BCUT2D eigenvalue weighted by atomic mass is 10.1. The predicted octanol–water partition coefficient (Wildman–Crippen LogP) is 1.15. The fourth-order valence-electron chi connectivity index (χ4n) is 2.44. The van der Waals surface area contributed by atoms with E-state index in [1.165, 1.54) is 11.0 Å². The Morgan fingerprint density at radius 1 is 1.40 bits per heavy atom. The van der Waals surface area contributed by atoms with Gasteiger partial charge in [0.1, 0.15) is 17.2 Å². The predicted molar refractivity (Wildman–Crippen MR) is 70.4 cm³/mol. The van der Waals surface area contributed by atoms with Crippen molar-refractivity contribution >= 4 is 5.91 Å². The standard InChI is InChI=1S/C14H18F2N2O2/c15-11-4-1-5-12(16)13(11)14(20)18(7-8-19)9-10-3-2-6-17-10/h1,4-5,10,17,19H,2-3,6-9H2. The van der Waals surface area contributed by atoms with Crippen LogP contribution in [0.25, 0.3) is 0 Å². The number of hydrogen-bond donors (Lipinski definition) is 2. The second-order valence-electron chi connectivity index (χ2n) is 4.86. The molecule has 1 aliphatic rings. The Morgan fingerprint density at radius 2 is 2.10 bits per heavy atom. The molecule has 20 heavy (non-hydrogen) atoms. The van der Waals surface area contributed by atoms with Crippen LogP contribution in [-0.4, -0.2) is 48.2 Å². The van der Waals surface area contributed by atoms with Crippen LogP contribution in [0.15, 0.2) is 18.2 Å². The molecule has 1 fully saturated rings.